The molecule has 0 aromatic heterocycles. The third kappa shape index (κ3) is 3.40. The van der Waals surface area contributed by atoms with Gasteiger partial charge in [0, 0.05) is 34.5 Å². The molecule has 1 aliphatic rings. The number of hydrogen-bond acceptors (Lipinski definition) is 4. The molecular weight excluding hydrogens is 470 g/mol. The zero-order valence-corrected chi connectivity index (χ0v) is 19.9. The van der Waals surface area contributed by atoms with Crippen molar-refractivity contribution in [1.82, 2.24) is 0 Å². The molecule has 0 saturated carbocycles. The van der Waals surface area contributed by atoms with Gasteiger partial charge in [0.15, 0.2) is 5.72 Å². The summed E-state index contributed by atoms with van der Waals surface area (Å²) in [4.78, 5) is 13.4. The van der Waals surface area contributed by atoms with E-state index in [2.05, 4.69) is 48.0 Å². The van der Waals surface area contributed by atoms with Gasteiger partial charge < -0.3 is 19.8 Å². The SMILES string of the molecule is COC1(C)/C(=C\c2c(C)cccc2Br)c2c(C)cccc2N1c1ccc(C(=O)O)c(O)c1. The molecule has 1 heterocycles. The second-order valence-electron chi connectivity index (χ2n) is 8.03. The van der Waals surface area contributed by atoms with Crippen LogP contribution in [0.4, 0.5) is 11.4 Å². The van der Waals surface area contributed by atoms with Crippen LogP contribution >= 0.6 is 15.9 Å². The predicted molar refractivity (Wildman–Crippen MR) is 131 cm³/mol. The van der Waals surface area contributed by atoms with E-state index >= 15 is 0 Å². The minimum absolute atomic E-state index is 0.142. The lowest BCUT2D eigenvalue weighted by molar-refractivity contribution is 0.0681. The fourth-order valence-corrected chi connectivity index (χ4v) is 4.96. The van der Waals surface area contributed by atoms with Gasteiger partial charge in [0.25, 0.3) is 0 Å². The molecule has 0 fully saturated rings. The van der Waals surface area contributed by atoms with Gasteiger partial charge in [0.05, 0.1) is 5.69 Å². The number of phenols is 1. The number of carbonyl (C=O) groups is 1. The molecule has 0 radical (unpaired) electrons. The number of methoxy groups -OCH3 is 1. The molecule has 3 aromatic carbocycles. The van der Waals surface area contributed by atoms with Crippen molar-refractivity contribution in [1.29, 1.82) is 0 Å². The van der Waals surface area contributed by atoms with Crippen LogP contribution in [0.5, 0.6) is 5.75 Å². The summed E-state index contributed by atoms with van der Waals surface area (Å²) in [5.41, 5.74) is 5.83. The number of hydrogen-bond donors (Lipinski definition) is 2. The summed E-state index contributed by atoms with van der Waals surface area (Å²) in [6, 6.07) is 16.7. The Morgan fingerprint density at radius 3 is 2.41 bits per heavy atom. The number of aryl methyl sites for hydroxylation is 2. The first-order valence-electron chi connectivity index (χ1n) is 10.2. The molecule has 0 saturated heterocycles. The van der Waals surface area contributed by atoms with Crippen molar-refractivity contribution in [3.8, 4) is 5.75 Å². The van der Waals surface area contributed by atoms with Crippen molar-refractivity contribution in [3.63, 3.8) is 0 Å². The van der Waals surface area contributed by atoms with Crippen LogP contribution in [0.15, 0.2) is 59.1 Å². The topological polar surface area (TPSA) is 70.0 Å². The van der Waals surface area contributed by atoms with Crippen molar-refractivity contribution < 1.29 is 19.7 Å². The molecule has 1 aliphatic heterocycles. The monoisotopic (exact) mass is 493 g/mol. The Balaban J connectivity index is 2.00. The normalized spacial score (nSPS) is 18.8. The summed E-state index contributed by atoms with van der Waals surface area (Å²) in [6.45, 7) is 6.10. The zero-order valence-electron chi connectivity index (χ0n) is 18.3. The summed E-state index contributed by atoms with van der Waals surface area (Å²) in [6.07, 6.45) is 2.14. The van der Waals surface area contributed by atoms with E-state index in [0.29, 0.717) is 5.69 Å². The molecule has 164 valence electrons. The minimum Gasteiger partial charge on any atom is -0.507 e. The van der Waals surface area contributed by atoms with Gasteiger partial charge in [-0.15, -0.1) is 0 Å². The van der Waals surface area contributed by atoms with E-state index in [4.69, 9.17) is 4.74 Å². The maximum absolute atomic E-state index is 11.4. The molecule has 0 bridgehead atoms. The highest BCUT2D eigenvalue weighted by molar-refractivity contribution is 9.10. The van der Waals surface area contributed by atoms with E-state index in [0.717, 1.165) is 38.0 Å². The first kappa shape index (κ1) is 22.1. The van der Waals surface area contributed by atoms with Crippen LogP contribution in [0.3, 0.4) is 0 Å². The van der Waals surface area contributed by atoms with Gasteiger partial charge in [-0.05, 0) is 67.8 Å². The molecule has 1 atom stereocenters. The summed E-state index contributed by atoms with van der Waals surface area (Å²) >= 11 is 3.68. The van der Waals surface area contributed by atoms with Crippen LogP contribution in [0.1, 0.15) is 39.5 Å². The van der Waals surface area contributed by atoms with Gasteiger partial charge in [0.1, 0.15) is 11.3 Å². The summed E-state index contributed by atoms with van der Waals surface area (Å²) in [5.74, 6) is -1.46. The van der Waals surface area contributed by atoms with Crippen molar-refractivity contribution >= 4 is 44.9 Å². The lowest BCUT2D eigenvalue weighted by atomic mass is 9.93. The lowest BCUT2D eigenvalue weighted by Crippen LogP contribution is -2.42. The average molecular weight is 494 g/mol. The number of carboxylic acid groups (broad SMARTS) is 1. The van der Waals surface area contributed by atoms with E-state index in [1.54, 1.807) is 13.2 Å². The van der Waals surface area contributed by atoms with Crippen molar-refractivity contribution in [3.05, 3.63) is 86.9 Å². The van der Waals surface area contributed by atoms with Crippen LogP contribution in [0, 0.1) is 13.8 Å². The Morgan fingerprint density at radius 2 is 1.78 bits per heavy atom. The number of ether oxygens (including phenoxy) is 1. The van der Waals surface area contributed by atoms with E-state index in [1.165, 1.54) is 12.1 Å². The number of halogens is 1. The summed E-state index contributed by atoms with van der Waals surface area (Å²) < 4.78 is 7.12. The number of carboxylic acids is 1. The van der Waals surface area contributed by atoms with Gasteiger partial charge in [-0.2, -0.15) is 0 Å². The second kappa shape index (κ2) is 8.11. The van der Waals surface area contributed by atoms with Gasteiger partial charge in [-0.3, -0.25) is 0 Å². The van der Waals surface area contributed by atoms with Crippen LogP contribution in [-0.4, -0.2) is 29.0 Å². The van der Waals surface area contributed by atoms with Gasteiger partial charge in [-0.1, -0.05) is 40.2 Å². The molecule has 5 nitrogen and oxygen atoms in total. The maximum Gasteiger partial charge on any atom is 0.339 e. The number of aromatic hydroxyl groups is 1. The van der Waals surface area contributed by atoms with Crippen molar-refractivity contribution in [2.75, 3.05) is 12.0 Å². The van der Waals surface area contributed by atoms with Crippen molar-refractivity contribution in [2.45, 2.75) is 26.5 Å². The predicted octanol–water partition coefficient (Wildman–Crippen LogP) is 6.52. The average Bonchev–Trinajstić information content (AvgIpc) is 3.00. The van der Waals surface area contributed by atoms with E-state index < -0.39 is 11.7 Å². The molecular formula is C26H24BrNO4. The fourth-order valence-electron chi connectivity index (χ4n) is 4.38. The largest absolute Gasteiger partial charge is 0.507 e. The quantitative estimate of drug-likeness (QED) is 0.432. The van der Waals surface area contributed by atoms with Crippen molar-refractivity contribution in [2.24, 2.45) is 0 Å². The Bertz CT molecular complexity index is 1250. The summed E-state index contributed by atoms with van der Waals surface area (Å²) in [7, 11) is 1.65. The zero-order chi connectivity index (χ0) is 23.2. The molecule has 2 N–H and O–H groups in total. The minimum atomic E-state index is -1.17. The highest BCUT2D eigenvalue weighted by Gasteiger charge is 2.46. The number of nitrogens with zero attached hydrogens (tertiary/aromatic N) is 1. The Morgan fingerprint density at radius 1 is 1.09 bits per heavy atom. The number of benzene rings is 3. The van der Waals surface area contributed by atoms with E-state index in [9.17, 15) is 15.0 Å². The first-order valence-corrected chi connectivity index (χ1v) is 11.0. The number of anilines is 2. The Hall–Kier alpha value is -3.09. The highest BCUT2D eigenvalue weighted by atomic mass is 79.9. The summed E-state index contributed by atoms with van der Waals surface area (Å²) in [5, 5.41) is 19.7. The second-order valence-corrected chi connectivity index (χ2v) is 8.88. The van der Waals surface area contributed by atoms with Crippen LogP contribution < -0.4 is 4.90 Å². The third-order valence-corrected chi connectivity index (χ3v) is 6.81. The van der Waals surface area contributed by atoms with Crippen LogP contribution in [0.25, 0.3) is 11.6 Å². The molecule has 6 heteroatoms. The van der Waals surface area contributed by atoms with Gasteiger partial charge >= 0.3 is 5.97 Å². The smallest absolute Gasteiger partial charge is 0.339 e. The number of fused-ring (bicyclic) bond motifs is 1. The lowest BCUT2D eigenvalue weighted by Gasteiger charge is -2.37. The molecule has 32 heavy (non-hydrogen) atoms. The maximum atomic E-state index is 11.4. The van der Waals surface area contributed by atoms with Crippen LogP contribution in [-0.2, 0) is 4.74 Å². The molecule has 0 aliphatic carbocycles. The van der Waals surface area contributed by atoms with Crippen LogP contribution in [0.2, 0.25) is 0 Å². The van der Waals surface area contributed by atoms with Gasteiger partial charge in [-0.25, -0.2) is 4.79 Å². The van der Waals surface area contributed by atoms with Gasteiger partial charge in [0.2, 0.25) is 0 Å². The number of aromatic carboxylic acids is 1. The molecule has 4 rings (SSSR count). The fraction of sp³-hybridized carbons (Fsp3) is 0.192. The van der Waals surface area contributed by atoms with E-state index in [1.807, 2.05) is 36.1 Å². The Kier molecular flexibility index (Phi) is 5.61. The molecule has 1 unspecified atom stereocenters. The highest BCUT2D eigenvalue weighted by Crippen LogP contribution is 2.53. The molecule has 0 spiro atoms. The Labute approximate surface area is 195 Å². The molecule has 0 amide bonds. The van der Waals surface area contributed by atoms with E-state index in [-0.39, 0.29) is 11.3 Å². The molecule has 3 aromatic rings. The third-order valence-electron chi connectivity index (χ3n) is 6.11. The number of rotatable bonds is 4. The standard InChI is InChI=1S/C26H24BrNO4/c1-15-7-5-9-21(27)19(15)14-20-24-16(2)8-6-10-22(24)28(26(20,3)32-4)17-11-12-18(25(30)31)23(29)13-17/h5-14,29H,1-4H3,(H,30,31)/b20-14-. The first-order chi connectivity index (χ1) is 15.2.